The van der Waals surface area contributed by atoms with E-state index in [4.69, 9.17) is 0 Å². The summed E-state index contributed by atoms with van der Waals surface area (Å²) in [5.74, 6) is 0. The highest BCUT2D eigenvalue weighted by Crippen LogP contribution is 2.24. The molecule has 0 atom stereocenters. The molecule has 0 amide bonds. The molecule has 124 valence electrons. The standard InChI is InChI=1S/C25H24/c1-19-7-13-22(14-8-19)5-4-6-25(23-15-9-20(2)10-16-23)24-17-11-21(3)12-18-24/h4-18H,1-3H3/b5-4+. The second-order valence-electron chi connectivity index (χ2n) is 6.58. The summed E-state index contributed by atoms with van der Waals surface area (Å²) in [4.78, 5) is 0. The molecule has 0 heteroatoms. The smallest absolute Gasteiger partial charge is 0.0111 e. The molecular weight excluding hydrogens is 300 g/mol. The Bertz CT molecular complexity index is 827. The molecule has 0 saturated carbocycles. The van der Waals surface area contributed by atoms with Crippen LogP contribution in [0.25, 0.3) is 11.6 Å². The van der Waals surface area contributed by atoms with Crippen LogP contribution in [-0.2, 0) is 0 Å². The molecule has 0 N–H and O–H groups in total. The summed E-state index contributed by atoms with van der Waals surface area (Å²) in [6, 6.07) is 26.0. The van der Waals surface area contributed by atoms with Crippen LogP contribution in [0, 0.1) is 20.8 Å². The van der Waals surface area contributed by atoms with Crippen molar-refractivity contribution in [3.05, 3.63) is 118 Å². The van der Waals surface area contributed by atoms with E-state index in [9.17, 15) is 0 Å². The van der Waals surface area contributed by atoms with E-state index in [0.29, 0.717) is 0 Å². The molecule has 0 nitrogen and oxygen atoms in total. The van der Waals surface area contributed by atoms with Crippen LogP contribution in [0.4, 0.5) is 0 Å². The summed E-state index contributed by atoms with van der Waals surface area (Å²) in [5, 5.41) is 0. The maximum Gasteiger partial charge on any atom is -0.0111 e. The molecule has 0 aliphatic heterocycles. The molecule has 0 saturated heterocycles. The van der Waals surface area contributed by atoms with Gasteiger partial charge in [-0.15, -0.1) is 0 Å². The van der Waals surface area contributed by atoms with Gasteiger partial charge in [-0.2, -0.15) is 0 Å². The van der Waals surface area contributed by atoms with Gasteiger partial charge < -0.3 is 0 Å². The number of rotatable bonds is 4. The van der Waals surface area contributed by atoms with E-state index < -0.39 is 0 Å². The third-order valence-corrected chi connectivity index (χ3v) is 4.35. The number of hydrogen-bond donors (Lipinski definition) is 0. The Hall–Kier alpha value is -2.86. The first kappa shape index (κ1) is 17.0. The van der Waals surface area contributed by atoms with E-state index in [1.165, 1.54) is 39.0 Å². The predicted octanol–water partition coefficient (Wildman–Crippen LogP) is 6.76. The molecule has 25 heavy (non-hydrogen) atoms. The van der Waals surface area contributed by atoms with Crippen molar-refractivity contribution in [3.8, 4) is 0 Å². The van der Waals surface area contributed by atoms with Crippen molar-refractivity contribution in [1.29, 1.82) is 0 Å². The van der Waals surface area contributed by atoms with E-state index in [2.05, 4.69) is 112 Å². The van der Waals surface area contributed by atoms with Crippen LogP contribution >= 0.6 is 0 Å². The highest BCUT2D eigenvalue weighted by atomic mass is 14.1. The minimum atomic E-state index is 1.22. The van der Waals surface area contributed by atoms with Gasteiger partial charge in [-0.05, 0) is 43.0 Å². The lowest BCUT2D eigenvalue weighted by Gasteiger charge is -2.09. The average Bonchev–Trinajstić information content (AvgIpc) is 2.62. The first-order valence-electron chi connectivity index (χ1n) is 8.71. The van der Waals surface area contributed by atoms with Crippen LogP contribution in [0.15, 0.2) is 84.9 Å². The fraction of sp³-hybridized carbons (Fsp3) is 0.120. The van der Waals surface area contributed by atoms with Gasteiger partial charge in [0.2, 0.25) is 0 Å². The van der Waals surface area contributed by atoms with E-state index in [1.807, 2.05) is 0 Å². The number of aryl methyl sites for hydroxylation is 3. The van der Waals surface area contributed by atoms with Gasteiger partial charge in [0.15, 0.2) is 0 Å². The zero-order chi connectivity index (χ0) is 17.6. The molecule has 3 aromatic rings. The lowest BCUT2D eigenvalue weighted by Crippen LogP contribution is -1.88. The summed E-state index contributed by atoms with van der Waals surface area (Å²) in [6.07, 6.45) is 6.50. The second-order valence-corrected chi connectivity index (χ2v) is 6.58. The third-order valence-electron chi connectivity index (χ3n) is 4.35. The summed E-state index contributed by atoms with van der Waals surface area (Å²) in [6.45, 7) is 6.35. The molecule has 0 aromatic heterocycles. The number of benzene rings is 3. The SMILES string of the molecule is Cc1ccc(/C=C/C=C(c2ccc(C)cc2)c2ccc(C)cc2)cc1. The van der Waals surface area contributed by atoms with Crippen LogP contribution in [0.3, 0.4) is 0 Å². The van der Waals surface area contributed by atoms with Gasteiger partial charge in [0, 0.05) is 0 Å². The van der Waals surface area contributed by atoms with Crippen LogP contribution in [0.5, 0.6) is 0 Å². The highest BCUT2D eigenvalue weighted by Gasteiger charge is 2.04. The lowest BCUT2D eigenvalue weighted by molar-refractivity contribution is 1.43. The number of allylic oxidation sites excluding steroid dienone is 2. The molecule has 0 aliphatic rings. The fourth-order valence-corrected chi connectivity index (χ4v) is 2.76. The van der Waals surface area contributed by atoms with Gasteiger partial charge in [-0.1, -0.05) is 108 Å². The van der Waals surface area contributed by atoms with Gasteiger partial charge in [0.25, 0.3) is 0 Å². The topological polar surface area (TPSA) is 0 Å². The van der Waals surface area contributed by atoms with Crippen LogP contribution < -0.4 is 0 Å². The maximum absolute atomic E-state index is 2.20. The van der Waals surface area contributed by atoms with E-state index in [-0.39, 0.29) is 0 Å². The fourth-order valence-electron chi connectivity index (χ4n) is 2.76. The summed E-state index contributed by atoms with van der Waals surface area (Å²) in [7, 11) is 0. The average molecular weight is 324 g/mol. The van der Waals surface area contributed by atoms with Crippen LogP contribution in [-0.4, -0.2) is 0 Å². The molecular formula is C25H24. The largest absolute Gasteiger partial charge is 0.0610 e. The molecule has 0 fully saturated rings. The Labute approximate surface area is 151 Å². The Morgan fingerprint density at radius 3 is 1.40 bits per heavy atom. The molecule has 0 aliphatic carbocycles. The van der Waals surface area contributed by atoms with E-state index in [0.717, 1.165) is 0 Å². The third kappa shape index (κ3) is 4.58. The predicted molar refractivity (Wildman–Crippen MR) is 110 cm³/mol. The normalized spacial score (nSPS) is 10.8. The maximum atomic E-state index is 2.20. The van der Waals surface area contributed by atoms with Gasteiger partial charge in [-0.3, -0.25) is 0 Å². The molecule has 0 bridgehead atoms. The Kier molecular flexibility index (Phi) is 5.30. The Morgan fingerprint density at radius 2 is 0.960 bits per heavy atom. The molecule has 0 radical (unpaired) electrons. The lowest BCUT2D eigenvalue weighted by atomic mass is 9.96. The van der Waals surface area contributed by atoms with Crippen molar-refractivity contribution in [1.82, 2.24) is 0 Å². The van der Waals surface area contributed by atoms with Crippen molar-refractivity contribution in [2.75, 3.05) is 0 Å². The van der Waals surface area contributed by atoms with Crippen LogP contribution in [0.1, 0.15) is 33.4 Å². The zero-order valence-electron chi connectivity index (χ0n) is 15.2. The molecule has 0 spiro atoms. The summed E-state index contributed by atoms with van der Waals surface area (Å²) in [5.41, 5.74) is 8.78. The van der Waals surface area contributed by atoms with Crippen molar-refractivity contribution in [2.24, 2.45) is 0 Å². The summed E-state index contributed by atoms with van der Waals surface area (Å²) >= 11 is 0. The minimum Gasteiger partial charge on any atom is -0.0610 e. The minimum absolute atomic E-state index is 1.22. The quantitative estimate of drug-likeness (QED) is 0.465. The molecule has 0 heterocycles. The molecule has 0 unspecified atom stereocenters. The van der Waals surface area contributed by atoms with Crippen molar-refractivity contribution >= 4 is 11.6 Å². The van der Waals surface area contributed by atoms with E-state index >= 15 is 0 Å². The monoisotopic (exact) mass is 324 g/mol. The van der Waals surface area contributed by atoms with Gasteiger partial charge >= 0.3 is 0 Å². The van der Waals surface area contributed by atoms with Gasteiger partial charge in [0.1, 0.15) is 0 Å². The van der Waals surface area contributed by atoms with Gasteiger partial charge in [0.05, 0.1) is 0 Å². The highest BCUT2D eigenvalue weighted by molar-refractivity contribution is 5.81. The van der Waals surface area contributed by atoms with E-state index in [1.54, 1.807) is 0 Å². The Balaban J connectivity index is 1.96. The first-order chi connectivity index (χ1) is 12.1. The molecule has 3 rings (SSSR count). The zero-order valence-corrected chi connectivity index (χ0v) is 15.2. The Morgan fingerprint density at radius 1 is 0.560 bits per heavy atom. The van der Waals surface area contributed by atoms with Crippen molar-refractivity contribution in [3.63, 3.8) is 0 Å². The summed E-state index contributed by atoms with van der Waals surface area (Å²) < 4.78 is 0. The first-order valence-corrected chi connectivity index (χ1v) is 8.71. The molecule has 3 aromatic carbocycles. The second kappa shape index (κ2) is 7.81. The number of hydrogen-bond acceptors (Lipinski definition) is 0. The van der Waals surface area contributed by atoms with Gasteiger partial charge in [-0.25, -0.2) is 0 Å². The van der Waals surface area contributed by atoms with Crippen molar-refractivity contribution < 1.29 is 0 Å². The van der Waals surface area contributed by atoms with Crippen molar-refractivity contribution in [2.45, 2.75) is 20.8 Å². The van der Waals surface area contributed by atoms with Crippen LogP contribution in [0.2, 0.25) is 0 Å².